The van der Waals surface area contributed by atoms with Crippen LogP contribution in [0.4, 0.5) is 29.5 Å². The first-order valence-corrected chi connectivity index (χ1v) is 10.5. The highest BCUT2D eigenvalue weighted by Gasteiger charge is 2.48. The molecule has 0 aliphatic carbocycles. The minimum absolute atomic E-state index is 0.0195. The number of carboxylic acid groups (broad SMARTS) is 1. The van der Waals surface area contributed by atoms with E-state index in [-0.39, 0.29) is 23.1 Å². The smallest absolute Gasteiger partial charge is 0.412 e. The molecule has 0 radical (unpaired) electrons. The molecule has 1 unspecified atom stereocenters. The maximum atomic E-state index is 13.5. The van der Waals surface area contributed by atoms with Crippen molar-refractivity contribution in [1.82, 2.24) is 14.6 Å². The molecule has 2 aromatic rings. The lowest BCUT2D eigenvalue weighted by Crippen LogP contribution is -2.53. The van der Waals surface area contributed by atoms with Crippen molar-refractivity contribution >= 4 is 23.2 Å². The second-order valence-corrected chi connectivity index (χ2v) is 9.77. The zero-order chi connectivity index (χ0) is 23.9. The van der Waals surface area contributed by atoms with Gasteiger partial charge in [-0.25, -0.2) is 14.3 Å². The molecule has 0 spiro atoms. The molecule has 11 heteroatoms. The summed E-state index contributed by atoms with van der Waals surface area (Å²) in [5, 5.41) is 16.9. The molecule has 1 fully saturated rings. The van der Waals surface area contributed by atoms with Crippen LogP contribution >= 0.6 is 0 Å². The number of carbonyl (C=O) groups is 1. The maximum absolute atomic E-state index is 13.5. The number of amides is 1. The second kappa shape index (κ2) is 8.42. The van der Waals surface area contributed by atoms with Crippen LogP contribution in [0.1, 0.15) is 47.5 Å². The molecule has 178 valence electrons. The van der Waals surface area contributed by atoms with Gasteiger partial charge in [0.25, 0.3) is 0 Å². The molecule has 32 heavy (non-hydrogen) atoms. The third-order valence-electron chi connectivity index (χ3n) is 5.83. The standard InChI is InChI=1S/C21H30F3N5O3/c1-19(2,3)16(13-6-10-32-11-7-13)29(18(30)31)14-12-15(26-20(4,5)21(22,23)24)27-28-9-8-25-17(14)28/h8-9,12-13,16H,6-7,10-11H2,1-5H3,(H,26,27)(H,30,31). The van der Waals surface area contributed by atoms with E-state index in [9.17, 15) is 23.1 Å². The Morgan fingerprint density at radius 3 is 2.41 bits per heavy atom. The number of hydrogen-bond donors (Lipinski definition) is 2. The molecule has 1 saturated heterocycles. The van der Waals surface area contributed by atoms with Crippen molar-refractivity contribution in [3.63, 3.8) is 0 Å². The molecule has 1 amide bonds. The zero-order valence-electron chi connectivity index (χ0n) is 18.9. The van der Waals surface area contributed by atoms with E-state index >= 15 is 0 Å². The van der Waals surface area contributed by atoms with Gasteiger partial charge in [-0.05, 0) is 38.0 Å². The maximum Gasteiger partial charge on any atom is 0.412 e. The van der Waals surface area contributed by atoms with E-state index in [4.69, 9.17) is 4.74 Å². The molecule has 0 bridgehead atoms. The summed E-state index contributed by atoms with van der Waals surface area (Å²) in [6, 6.07) is 0.887. The van der Waals surface area contributed by atoms with Gasteiger partial charge in [0.2, 0.25) is 0 Å². The molecule has 3 rings (SSSR count). The molecule has 1 aliphatic rings. The van der Waals surface area contributed by atoms with E-state index < -0.39 is 29.3 Å². The molecular weight excluding hydrogens is 427 g/mol. The monoisotopic (exact) mass is 457 g/mol. The summed E-state index contributed by atoms with van der Waals surface area (Å²) < 4.78 is 47.1. The number of fused-ring (bicyclic) bond motifs is 1. The van der Waals surface area contributed by atoms with Gasteiger partial charge >= 0.3 is 12.3 Å². The van der Waals surface area contributed by atoms with E-state index in [2.05, 4.69) is 15.4 Å². The van der Waals surface area contributed by atoms with E-state index in [1.807, 2.05) is 20.8 Å². The second-order valence-electron chi connectivity index (χ2n) is 9.77. The van der Waals surface area contributed by atoms with Crippen molar-refractivity contribution < 1.29 is 27.8 Å². The van der Waals surface area contributed by atoms with Gasteiger partial charge in [0.1, 0.15) is 11.4 Å². The first-order chi connectivity index (χ1) is 14.7. The van der Waals surface area contributed by atoms with E-state index in [0.29, 0.717) is 26.1 Å². The number of alkyl halides is 3. The SMILES string of the molecule is CC(C)(C)C(C1CCOCC1)N(C(=O)O)c1cc(NC(C)(C)C(F)(F)F)nn2ccnc12. The van der Waals surface area contributed by atoms with Crippen LogP contribution in [0.3, 0.4) is 0 Å². The Balaban J connectivity index is 2.15. The van der Waals surface area contributed by atoms with Crippen molar-refractivity contribution in [2.24, 2.45) is 11.3 Å². The minimum Gasteiger partial charge on any atom is -0.465 e. The summed E-state index contributed by atoms with van der Waals surface area (Å²) in [6.07, 6.45) is -1.45. The summed E-state index contributed by atoms with van der Waals surface area (Å²) >= 11 is 0. The predicted molar refractivity (Wildman–Crippen MR) is 114 cm³/mol. The van der Waals surface area contributed by atoms with Crippen molar-refractivity contribution in [1.29, 1.82) is 0 Å². The topological polar surface area (TPSA) is 92.0 Å². The van der Waals surface area contributed by atoms with Crippen LogP contribution in [0.2, 0.25) is 0 Å². The Morgan fingerprint density at radius 1 is 1.25 bits per heavy atom. The number of ether oxygens (including phenoxy) is 1. The van der Waals surface area contributed by atoms with E-state index in [0.717, 1.165) is 13.8 Å². The largest absolute Gasteiger partial charge is 0.465 e. The van der Waals surface area contributed by atoms with Crippen LogP contribution in [-0.4, -0.2) is 56.8 Å². The predicted octanol–water partition coefficient (Wildman–Crippen LogP) is 4.81. The fourth-order valence-electron chi connectivity index (χ4n) is 4.24. The highest BCUT2D eigenvalue weighted by atomic mass is 19.4. The molecule has 8 nitrogen and oxygen atoms in total. The van der Waals surface area contributed by atoms with E-state index in [1.54, 1.807) is 0 Å². The number of halogens is 3. The number of imidazole rings is 1. The zero-order valence-corrected chi connectivity index (χ0v) is 18.9. The fourth-order valence-corrected chi connectivity index (χ4v) is 4.24. The number of nitrogens with one attached hydrogen (secondary N) is 1. The fraction of sp³-hybridized carbons (Fsp3) is 0.667. The minimum atomic E-state index is -4.54. The molecule has 1 atom stereocenters. The molecule has 2 N–H and O–H groups in total. The van der Waals surface area contributed by atoms with Crippen LogP contribution in [0.25, 0.3) is 5.65 Å². The molecular formula is C21H30F3N5O3. The van der Waals surface area contributed by atoms with Crippen molar-refractivity contribution in [3.05, 3.63) is 18.5 Å². The quantitative estimate of drug-likeness (QED) is 0.670. The lowest BCUT2D eigenvalue weighted by atomic mass is 9.75. The van der Waals surface area contributed by atoms with Crippen molar-refractivity contribution in [2.45, 2.75) is 65.2 Å². The van der Waals surface area contributed by atoms with Gasteiger partial charge in [0, 0.05) is 37.7 Å². The highest BCUT2D eigenvalue weighted by molar-refractivity contribution is 5.92. The summed E-state index contributed by atoms with van der Waals surface area (Å²) in [5.41, 5.74) is -2.29. The first kappa shape index (κ1) is 24.1. The molecule has 2 aromatic heterocycles. The van der Waals surface area contributed by atoms with Gasteiger partial charge < -0.3 is 15.2 Å². The molecule has 0 saturated carbocycles. The normalized spacial score (nSPS) is 17.4. The highest BCUT2D eigenvalue weighted by Crippen LogP contribution is 2.40. The van der Waals surface area contributed by atoms with Gasteiger partial charge in [0.05, 0.1) is 5.69 Å². The third-order valence-corrected chi connectivity index (χ3v) is 5.83. The van der Waals surface area contributed by atoms with Gasteiger partial charge in [-0.3, -0.25) is 4.90 Å². The van der Waals surface area contributed by atoms with Gasteiger partial charge in [-0.2, -0.15) is 13.2 Å². The number of anilines is 2. The molecule has 0 aromatic carbocycles. The number of nitrogens with zero attached hydrogens (tertiary/aromatic N) is 4. The Hall–Kier alpha value is -2.56. The Bertz CT molecular complexity index is 962. The van der Waals surface area contributed by atoms with Crippen molar-refractivity contribution in [3.8, 4) is 0 Å². The average molecular weight is 457 g/mol. The summed E-state index contributed by atoms with van der Waals surface area (Å²) in [5.74, 6) is -0.0789. The number of rotatable bonds is 5. The van der Waals surface area contributed by atoms with Gasteiger partial charge in [0.15, 0.2) is 5.65 Å². The van der Waals surface area contributed by atoms with E-state index in [1.165, 1.54) is 27.9 Å². The average Bonchev–Trinajstić information content (AvgIpc) is 3.12. The van der Waals surface area contributed by atoms with Crippen LogP contribution in [0.15, 0.2) is 18.5 Å². The van der Waals surface area contributed by atoms with Crippen LogP contribution in [0.5, 0.6) is 0 Å². The lowest BCUT2D eigenvalue weighted by molar-refractivity contribution is -0.168. The molecule has 3 heterocycles. The first-order valence-electron chi connectivity index (χ1n) is 10.5. The van der Waals surface area contributed by atoms with Crippen LogP contribution in [-0.2, 0) is 4.74 Å². The summed E-state index contributed by atoms with van der Waals surface area (Å²) in [4.78, 5) is 18.1. The Labute approximate surface area is 184 Å². The number of hydrogen-bond acceptors (Lipinski definition) is 5. The molecule has 1 aliphatic heterocycles. The lowest BCUT2D eigenvalue weighted by Gasteiger charge is -2.44. The van der Waals surface area contributed by atoms with Crippen LogP contribution < -0.4 is 10.2 Å². The van der Waals surface area contributed by atoms with Crippen molar-refractivity contribution in [2.75, 3.05) is 23.4 Å². The Morgan fingerprint density at radius 2 is 1.88 bits per heavy atom. The summed E-state index contributed by atoms with van der Waals surface area (Å²) in [7, 11) is 0. The third kappa shape index (κ3) is 4.77. The van der Waals surface area contributed by atoms with Gasteiger partial charge in [-0.1, -0.05) is 20.8 Å². The summed E-state index contributed by atoms with van der Waals surface area (Å²) in [6.45, 7) is 8.94. The van der Waals surface area contributed by atoms with Crippen LogP contribution in [0, 0.1) is 11.3 Å². The Kier molecular flexibility index (Phi) is 6.34. The number of aromatic nitrogens is 3. The van der Waals surface area contributed by atoms with Gasteiger partial charge in [-0.15, -0.1) is 5.10 Å².